The molecule has 20 heavy (non-hydrogen) atoms. The second-order valence-corrected chi connectivity index (χ2v) is 8.15. The zero-order valence-corrected chi connectivity index (χ0v) is 13.3. The fourth-order valence-electron chi connectivity index (χ4n) is 4.47. The largest absolute Gasteiger partial charge is 0.444 e. The summed E-state index contributed by atoms with van der Waals surface area (Å²) in [5.74, 6) is 1.83. The van der Waals surface area contributed by atoms with Gasteiger partial charge in [0.1, 0.15) is 5.76 Å². The topological polar surface area (TPSA) is 42.9 Å². The van der Waals surface area contributed by atoms with Crippen molar-refractivity contribution in [1.29, 1.82) is 0 Å². The van der Waals surface area contributed by atoms with Crippen LogP contribution in [0.25, 0.3) is 0 Å². The van der Waals surface area contributed by atoms with E-state index in [0.717, 1.165) is 30.6 Å². The number of fused-ring (bicyclic) bond motifs is 3. The van der Waals surface area contributed by atoms with Gasteiger partial charge in [0.25, 0.3) is 0 Å². The molecule has 1 fully saturated rings. The highest BCUT2D eigenvalue weighted by molar-refractivity contribution is 5.97. The molecule has 0 amide bonds. The molecule has 0 radical (unpaired) electrons. The Morgan fingerprint density at radius 2 is 2.05 bits per heavy atom. The summed E-state index contributed by atoms with van der Waals surface area (Å²) >= 11 is 0. The lowest BCUT2D eigenvalue weighted by molar-refractivity contribution is -0.794. The molecule has 1 saturated carbocycles. The number of ether oxygens (including phenoxy) is 1. The van der Waals surface area contributed by atoms with Crippen LogP contribution in [0.1, 0.15) is 66.2 Å². The van der Waals surface area contributed by atoms with Gasteiger partial charge < -0.3 is 10.1 Å². The molecule has 2 bridgehead atoms. The van der Waals surface area contributed by atoms with Crippen LogP contribution in [0.15, 0.2) is 11.3 Å². The maximum Gasteiger partial charge on any atom is 0.240 e. The van der Waals surface area contributed by atoms with Crippen molar-refractivity contribution in [3.8, 4) is 0 Å². The monoisotopic (exact) mass is 278 g/mol. The van der Waals surface area contributed by atoms with Gasteiger partial charge in [-0.1, -0.05) is 13.8 Å². The van der Waals surface area contributed by atoms with Gasteiger partial charge in [0.15, 0.2) is 5.78 Å². The maximum absolute atomic E-state index is 12.5. The fraction of sp³-hybridized carbons (Fsp3) is 0.824. The van der Waals surface area contributed by atoms with Crippen molar-refractivity contribution in [3.05, 3.63) is 11.3 Å². The minimum Gasteiger partial charge on any atom is -0.444 e. The van der Waals surface area contributed by atoms with Crippen molar-refractivity contribution >= 4 is 5.78 Å². The van der Waals surface area contributed by atoms with E-state index in [1.54, 1.807) is 0 Å². The van der Waals surface area contributed by atoms with E-state index in [0.29, 0.717) is 24.2 Å². The van der Waals surface area contributed by atoms with E-state index < -0.39 is 0 Å². The van der Waals surface area contributed by atoms with E-state index >= 15 is 0 Å². The summed E-state index contributed by atoms with van der Waals surface area (Å²) in [6, 6.07) is 0.531. The van der Waals surface area contributed by atoms with Gasteiger partial charge in [0, 0.05) is 37.2 Å². The van der Waals surface area contributed by atoms with E-state index in [2.05, 4.69) is 33.0 Å². The first-order valence-corrected chi connectivity index (χ1v) is 8.12. The molecule has 2 N–H and O–H groups in total. The van der Waals surface area contributed by atoms with Crippen LogP contribution in [-0.2, 0) is 9.53 Å². The number of allylic oxidation sites excluding steroid dienone is 2. The van der Waals surface area contributed by atoms with Crippen molar-refractivity contribution in [1.82, 2.24) is 0 Å². The van der Waals surface area contributed by atoms with E-state index in [9.17, 15) is 4.79 Å². The molecule has 3 rings (SSSR count). The van der Waals surface area contributed by atoms with Gasteiger partial charge in [0.05, 0.1) is 6.04 Å². The van der Waals surface area contributed by atoms with Crippen LogP contribution >= 0.6 is 0 Å². The number of hydrogen-bond acceptors (Lipinski definition) is 2. The third kappa shape index (κ3) is 2.41. The van der Waals surface area contributed by atoms with E-state index in [1.165, 1.54) is 12.8 Å². The molecule has 112 valence electrons. The molecule has 2 atom stereocenters. The molecule has 1 heterocycles. The smallest absolute Gasteiger partial charge is 0.240 e. The summed E-state index contributed by atoms with van der Waals surface area (Å²) in [7, 11) is 0. The zero-order valence-electron chi connectivity index (χ0n) is 13.3. The van der Waals surface area contributed by atoms with Gasteiger partial charge in [-0.3, -0.25) is 4.79 Å². The molecule has 0 aromatic rings. The van der Waals surface area contributed by atoms with Gasteiger partial charge in [-0.15, -0.1) is 0 Å². The van der Waals surface area contributed by atoms with Crippen LogP contribution in [0.5, 0.6) is 0 Å². The van der Waals surface area contributed by atoms with Crippen LogP contribution < -0.4 is 5.32 Å². The second-order valence-electron chi connectivity index (χ2n) is 8.15. The highest BCUT2D eigenvalue weighted by atomic mass is 16.5. The Labute approximate surface area is 122 Å². The molecule has 0 unspecified atom stereocenters. The zero-order chi connectivity index (χ0) is 14.5. The van der Waals surface area contributed by atoms with Crippen molar-refractivity contribution in [2.24, 2.45) is 11.3 Å². The molecule has 2 aliphatic carbocycles. The first-order chi connectivity index (χ1) is 9.30. The van der Waals surface area contributed by atoms with Crippen LogP contribution in [0.2, 0.25) is 0 Å². The summed E-state index contributed by atoms with van der Waals surface area (Å²) in [4.78, 5) is 12.5. The van der Waals surface area contributed by atoms with E-state index in [-0.39, 0.29) is 11.1 Å². The average molecular weight is 278 g/mol. The predicted molar refractivity (Wildman–Crippen MR) is 77.9 cm³/mol. The Hall–Kier alpha value is -0.830. The normalized spacial score (nSPS) is 35.9. The second kappa shape index (κ2) is 4.59. The van der Waals surface area contributed by atoms with Crippen molar-refractivity contribution in [2.75, 3.05) is 0 Å². The SMILES string of the molecule is CC(C)[NH2+][C@@]12CCC[C@@H](C1)C1=C(CC(C)(C)CC1=O)O2. The number of Topliss-reactive ketones (excluding diaryl/α,β-unsaturated/α-hetero) is 1. The average Bonchev–Trinajstić information content (AvgIpc) is 2.23. The minimum atomic E-state index is -0.0936. The summed E-state index contributed by atoms with van der Waals surface area (Å²) in [6.07, 6.45) is 6.11. The molecule has 3 aliphatic rings. The quantitative estimate of drug-likeness (QED) is 0.843. The van der Waals surface area contributed by atoms with Gasteiger partial charge in [-0.2, -0.15) is 0 Å². The summed E-state index contributed by atoms with van der Waals surface area (Å²) in [6.45, 7) is 8.81. The molecular formula is C17H28NO2+. The van der Waals surface area contributed by atoms with E-state index in [4.69, 9.17) is 4.74 Å². The highest BCUT2D eigenvalue weighted by Gasteiger charge is 2.51. The van der Waals surface area contributed by atoms with Crippen molar-refractivity contribution < 1.29 is 14.8 Å². The third-order valence-electron chi connectivity index (χ3n) is 5.00. The molecule has 0 aromatic heterocycles. The van der Waals surface area contributed by atoms with Crippen LogP contribution in [-0.4, -0.2) is 17.6 Å². The number of quaternary nitrogens is 1. The number of rotatable bonds is 2. The first kappa shape index (κ1) is 14.1. The third-order valence-corrected chi connectivity index (χ3v) is 5.00. The lowest BCUT2D eigenvalue weighted by Gasteiger charge is -2.48. The molecule has 3 heteroatoms. The van der Waals surface area contributed by atoms with Crippen molar-refractivity contribution in [2.45, 2.75) is 78.0 Å². The predicted octanol–water partition coefficient (Wildman–Crippen LogP) is 2.52. The first-order valence-electron chi connectivity index (χ1n) is 8.12. The lowest BCUT2D eigenvalue weighted by Crippen LogP contribution is -3.01. The number of carbonyl (C=O) groups is 1. The molecular weight excluding hydrogens is 250 g/mol. The maximum atomic E-state index is 12.5. The van der Waals surface area contributed by atoms with Gasteiger partial charge in [-0.25, -0.2) is 0 Å². The van der Waals surface area contributed by atoms with Gasteiger partial charge in [-0.05, 0) is 32.1 Å². The fourth-order valence-corrected chi connectivity index (χ4v) is 4.47. The summed E-state index contributed by atoms with van der Waals surface area (Å²) in [5.41, 5.74) is 1.02. The van der Waals surface area contributed by atoms with Crippen LogP contribution in [0.4, 0.5) is 0 Å². The Morgan fingerprint density at radius 3 is 2.75 bits per heavy atom. The highest BCUT2D eigenvalue weighted by Crippen LogP contribution is 2.49. The van der Waals surface area contributed by atoms with Crippen molar-refractivity contribution in [3.63, 3.8) is 0 Å². The molecule has 0 spiro atoms. The Kier molecular flexibility index (Phi) is 3.24. The van der Waals surface area contributed by atoms with Gasteiger partial charge in [0.2, 0.25) is 5.72 Å². The number of ketones is 1. The lowest BCUT2D eigenvalue weighted by atomic mass is 9.68. The molecule has 0 saturated heterocycles. The van der Waals surface area contributed by atoms with Gasteiger partial charge >= 0.3 is 0 Å². The minimum absolute atomic E-state index is 0.0561. The Balaban J connectivity index is 1.96. The molecule has 3 nitrogen and oxygen atoms in total. The molecule has 1 aliphatic heterocycles. The summed E-state index contributed by atoms with van der Waals surface area (Å²) < 4.78 is 6.47. The Bertz CT molecular complexity index is 464. The van der Waals surface area contributed by atoms with Crippen LogP contribution in [0.3, 0.4) is 0 Å². The summed E-state index contributed by atoms with van der Waals surface area (Å²) in [5, 5.41) is 2.38. The molecule has 0 aromatic carbocycles. The number of nitrogens with two attached hydrogens (primary N) is 1. The standard InChI is InChI=1S/C17H27NO2/c1-11(2)18-17-7-5-6-12(8-17)15-13(19)9-16(3,4)10-14(15)20-17/h11-12,18H,5-10H2,1-4H3/p+1/t12-,17+/m0/s1. The number of carbonyl (C=O) groups excluding carboxylic acids is 1. The van der Waals surface area contributed by atoms with Crippen LogP contribution in [0, 0.1) is 11.3 Å². The Morgan fingerprint density at radius 1 is 1.30 bits per heavy atom. The number of hydrogen-bond donors (Lipinski definition) is 1. The van der Waals surface area contributed by atoms with E-state index in [1.807, 2.05) is 0 Å².